The van der Waals surface area contributed by atoms with E-state index in [1.165, 1.54) is 55.3 Å². The highest BCUT2D eigenvalue weighted by molar-refractivity contribution is 7.97. The van der Waals surface area contributed by atoms with Crippen molar-refractivity contribution in [1.29, 1.82) is 0 Å². The minimum absolute atomic E-state index is 0.180. The van der Waals surface area contributed by atoms with Gasteiger partial charge in [0.1, 0.15) is 11.6 Å². The van der Waals surface area contributed by atoms with E-state index in [-0.39, 0.29) is 5.75 Å². The van der Waals surface area contributed by atoms with Gasteiger partial charge in [-0.3, -0.25) is 4.72 Å². The zero-order valence-electron chi connectivity index (χ0n) is 21.8. The number of halogens is 2. The Morgan fingerprint density at radius 2 is 1.83 bits per heavy atom. The lowest BCUT2D eigenvalue weighted by atomic mass is 9.89. The van der Waals surface area contributed by atoms with Gasteiger partial charge in [0, 0.05) is 32.3 Å². The van der Waals surface area contributed by atoms with Gasteiger partial charge in [0.25, 0.3) is 0 Å². The molecule has 1 aromatic carbocycles. The van der Waals surface area contributed by atoms with Gasteiger partial charge < -0.3 is 15.0 Å². The SMILES string of the molecule is CCN(C)c1nc(NCC2CCCCC2)nc2c1=CCCC=2.CNSc1ccccc1OC(C)(F)F. The topological polar surface area (TPSA) is 62.3 Å². The molecule has 0 spiro atoms. The summed E-state index contributed by atoms with van der Waals surface area (Å²) in [6.45, 7) is 4.85. The number of nitrogens with one attached hydrogen (secondary N) is 2. The molecular formula is C27H39F2N5OS. The Kier molecular flexibility index (Phi) is 10.8. The van der Waals surface area contributed by atoms with Crippen molar-refractivity contribution in [3.63, 3.8) is 0 Å². The van der Waals surface area contributed by atoms with Crippen LogP contribution in [0.4, 0.5) is 20.5 Å². The highest BCUT2D eigenvalue weighted by atomic mass is 32.2. The van der Waals surface area contributed by atoms with Crippen LogP contribution in [0.1, 0.15) is 58.8 Å². The predicted octanol–water partition coefficient (Wildman–Crippen LogP) is 5.18. The molecule has 0 bridgehead atoms. The minimum Gasteiger partial charge on any atom is -0.432 e. The van der Waals surface area contributed by atoms with Crippen LogP contribution in [0.25, 0.3) is 12.2 Å². The van der Waals surface area contributed by atoms with Gasteiger partial charge in [0.15, 0.2) is 0 Å². The van der Waals surface area contributed by atoms with Crippen molar-refractivity contribution in [2.45, 2.75) is 69.8 Å². The second kappa shape index (κ2) is 13.8. The maximum Gasteiger partial charge on any atom is 0.394 e. The molecule has 0 unspecified atom stereocenters. The average molecular weight is 520 g/mol. The number of fused-ring (bicyclic) bond motifs is 1. The van der Waals surface area contributed by atoms with Crippen molar-refractivity contribution in [2.75, 3.05) is 37.4 Å². The summed E-state index contributed by atoms with van der Waals surface area (Å²) in [6.07, 6.45) is 10.4. The van der Waals surface area contributed by atoms with Crippen LogP contribution in [0.15, 0.2) is 29.2 Å². The Morgan fingerprint density at radius 1 is 1.11 bits per heavy atom. The van der Waals surface area contributed by atoms with Crippen molar-refractivity contribution in [1.82, 2.24) is 14.7 Å². The molecular weight excluding hydrogens is 480 g/mol. The number of para-hydroxylation sites is 1. The summed E-state index contributed by atoms with van der Waals surface area (Å²) >= 11 is 1.23. The van der Waals surface area contributed by atoms with E-state index in [2.05, 4.69) is 45.8 Å². The lowest BCUT2D eigenvalue weighted by Gasteiger charge is -2.22. The zero-order valence-corrected chi connectivity index (χ0v) is 22.6. The summed E-state index contributed by atoms with van der Waals surface area (Å²) in [5, 5.41) is 5.81. The van der Waals surface area contributed by atoms with Crippen LogP contribution in [0.5, 0.6) is 5.75 Å². The Balaban J connectivity index is 0.000000223. The third-order valence-electron chi connectivity index (χ3n) is 6.27. The first-order valence-corrected chi connectivity index (χ1v) is 13.6. The molecule has 2 N–H and O–H groups in total. The lowest BCUT2D eigenvalue weighted by Crippen LogP contribution is -2.38. The number of hydrogen-bond donors (Lipinski definition) is 2. The second-order valence-corrected chi connectivity index (χ2v) is 10.3. The van der Waals surface area contributed by atoms with Crippen molar-refractivity contribution in [3.8, 4) is 5.75 Å². The first kappa shape index (κ1) is 28.2. The molecule has 2 aromatic rings. The smallest absolute Gasteiger partial charge is 0.394 e. The van der Waals surface area contributed by atoms with Crippen LogP contribution in [-0.2, 0) is 0 Å². The number of benzene rings is 1. The number of ether oxygens (including phenoxy) is 1. The molecule has 2 aliphatic rings. The van der Waals surface area contributed by atoms with Crippen molar-refractivity contribution in [2.24, 2.45) is 5.92 Å². The van der Waals surface area contributed by atoms with E-state index in [1.54, 1.807) is 25.2 Å². The molecule has 198 valence electrons. The summed E-state index contributed by atoms with van der Waals surface area (Å²) in [7, 11) is 3.82. The zero-order chi connectivity index (χ0) is 26.0. The molecule has 0 aliphatic heterocycles. The molecule has 0 saturated heterocycles. The highest BCUT2D eigenvalue weighted by Gasteiger charge is 2.24. The first-order chi connectivity index (χ1) is 17.3. The fraction of sp³-hybridized carbons (Fsp3) is 0.556. The monoisotopic (exact) mass is 519 g/mol. The molecule has 36 heavy (non-hydrogen) atoms. The Morgan fingerprint density at radius 3 is 2.53 bits per heavy atom. The number of anilines is 2. The number of nitrogens with zero attached hydrogens (tertiary/aromatic N) is 3. The summed E-state index contributed by atoms with van der Waals surface area (Å²) in [4.78, 5) is 12.4. The molecule has 0 radical (unpaired) electrons. The van der Waals surface area contributed by atoms with E-state index in [4.69, 9.17) is 9.97 Å². The number of hydrogen-bond acceptors (Lipinski definition) is 7. The fourth-order valence-electron chi connectivity index (χ4n) is 4.34. The molecule has 6 nitrogen and oxygen atoms in total. The molecule has 9 heteroatoms. The van der Waals surface area contributed by atoms with Gasteiger partial charge in [-0.2, -0.15) is 13.8 Å². The molecule has 4 rings (SSSR count). The summed E-state index contributed by atoms with van der Waals surface area (Å²) in [5.74, 6) is 2.83. The van der Waals surface area contributed by atoms with Crippen molar-refractivity contribution in [3.05, 3.63) is 34.8 Å². The van der Waals surface area contributed by atoms with E-state index in [0.717, 1.165) is 49.0 Å². The quantitative estimate of drug-likeness (QED) is 0.443. The van der Waals surface area contributed by atoms with Gasteiger partial charge >= 0.3 is 6.11 Å². The van der Waals surface area contributed by atoms with E-state index < -0.39 is 6.11 Å². The largest absolute Gasteiger partial charge is 0.432 e. The lowest BCUT2D eigenvalue weighted by molar-refractivity contribution is -0.160. The van der Waals surface area contributed by atoms with Gasteiger partial charge in [0.2, 0.25) is 5.95 Å². The van der Waals surface area contributed by atoms with Crippen molar-refractivity contribution >= 4 is 35.9 Å². The van der Waals surface area contributed by atoms with Crippen LogP contribution >= 0.6 is 11.9 Å². The fourth-order valence-corrected chi connectivity index (χ4v) is 4.92. The van der Waals surface area contributed by atoms with Gasteiger partial charge in [-0.1, -0.05) is 43.5 Å². The Bertz CT molecular complexity index is 1090. The maximum absolute atomic E-state index is 12.6. The number of aromatic nitrogens is 2. The van der Waals surface area contributed by atoms with E-state index in [9.17, 15) is 8.78 Å². The second-order valence-electron chi connectivity index (χ2n) is 9.22. The predicted molar refractivity (Wildman–Crippen MR) is 146 cm³/mol. The van der Waals surface area contributed by atoms with E-state index in [1.807, 2.05) is 0 Å². The maximum atomic E-state index is 12.6. The minimum atomic E-state index is -3.15. The average Bonchev–Trinajstić information content (AvgIpc) is 2.88. The third kappa shape index (κ3) is 8.62. The molecule has 1 heterocycles. The normalized spacial score (nSPS) is 15.5. The number of alkyl halides is 2. The van der Waals surface area contributed by atoms with Gasteiger partial charge in [-0.25, -0.2) is 4.98 Å². The Labute approximate surface area is 217 Å². The van der Waals surface area contributed by atoms with Crippen LogP contribution in [0.3, 0.4) is 0 Å². The molecule has 1 saturated carbocycles. The van der Waals surface area contributed by atoms with Gasteiger partial charge in [-0.05, 0) is 69.7 Å². The molecule has 0 atom stereocenters. The Hall–Kier alpha value is -2.39. The summed E-state index contributed by atoms with van der Waals surface area (Å²) in [6, 6.07) is 6.64. The van der Waals surface area contributed by atoms with Crippen LogP contribution in [0.2, 0.25) is 0 Å². The van der Waals surface area contributed by atoms with Crippen molar-refractivity contribution < 1.29 is 13.5 Å². The van der Waals surface area contributed by atoms with Crippen LogP contribution < -0.4 is 30.2 Å². The van der Waals surface area contributed by atoms with E-state index in [0.29, 0.717) is 11.8 Å². The first-order valence-electron chi connectivity index (χ1n) is 12.8. The standard InChI is InChI=1S/C18H28N4.C9H11F2NOS/c1-3-22(2)17-15-11-7-8-12-16(15)20-18(21-17)19-13-14-9-5-4-6-10-14;1-9(10,11)13-7-5-3-4-6-8(7)14-12-2/h11-12,14H,3-10,13H2,1-2H3,(H,19,20);3-6,12H,1-2H3. The molecule has 1 aromatic heterocycles. The molecule has 1 fully saturated rings. The molecule has 0 amide bonds. The third-order valence-corrected chi connectivity index (χ3v) is 7.03. The summed E-state index contributed by atoms with van der Waals surface area (Å²) < 4.78 is 32.4. The van der Waals surface area contributed by atoms with Gasteiger partial charge in [-0.15, -0.1) is 0 Å². The molecule has 2 aliphatic carbocycles. The highest BCUT2D eigenvalue weighted by Crippen LogP contribution is 2.30. The van der Waals surface area contributed by atoms with E-state index >= 15 is 0 Å². The van der Waals surface area contributed by atoms with Crippen LogP contribution in [0, 0.1) is 5.92 Å². The van der Waals surface area contributed by atoms with Gasteiger partial charge in [0.05, 0.1) is 10.2 Å². The summed E-state index contributed by atoms with van der Waals surface area (Å²) in [5.41, 5.74) is 0. The number of rotatable bonds is 9. The van der Waals surface area contributed by atoms with Crippen LogP contribution in [-0.4, -0.2) is 43.3 Å².